The highest BCUT2D eigenvalue weighted by Gasteiger charge is 2.01. The molecule has 1 aromatic carbocycles. The van der Waals surface area contributed by atoms with E-state index < -0.39 is 0 Å². The number of pyridine rings is 1. The zero-order valence-electron chi connectivity index (χ0n) is 10.8. The number of rotatable bonds is 5. The Labute approximate surface area is 112 Å². The van der Waals surface area contributed by atoms with Crippen molar-refractivity contribution >= 4 is 5.71 Å². The second kappa shape index (κ2) is 6.54. The summed E-state index contributed by atoms with van der Waals surface area (Å²) >= 11 is 0. The standard InChI is InChI=1S/C15H16N2O2/c1-12(17-18)13-5-4-7-15(11-13)19-10-8-14-6-2-3-9-16-14/h2-7,9,11,18H,8,10H2,1H3/b17-12+. The van der Waals surface area contributed by atoms with Crippen molar-refractivity contribution in [1.82, 2.24) is 4.98 Å². The predicted octanol–water partition coefficient (Wildman–Crippen LogP) is 2.90. The van der Waals surface area contributed by atoms with Gasteiger partial charge in [0.1, 0.15) is 5.75 Å². The second-order valence-corrected chi connectivity index (χ2v) is 4.13. The minimum Gasteiger partial charge on any atom is -0.493 e. The summed E-state index contributed by atoms with van der Waals surface area (Å²) < 4.78 is 5.67. The van der Waals surface area contributed by atoms with Crippen molar-refractivity contribution in [3.05, 3.63) is 59.9 Å². The van der Waals surface area contributed by atoms with Crippen molar-refractivity contribution in [1.29, 1.82) is 0 Å². The summed E-state index contributed by atoms with van der Waals surface area (Å²) in [5, 5.41) is 11.9. The zero-order chi connectivity index (χ0) is 13.5. The van der Waals surface area contributed by atoms with Gasteiger partial charge in [0.05, 0.1) is 12.3 Å². The molecule has 0 saturated heterocycles. The van der Waals surface area contributed by atoms with E-state index in [0.29, 0.717) is 12.3 Å². The molecule has 0 radical (unpaired) electrons. The molecule has 0 aliphatic rings. The molecule has 98 valence electrons. The summed E-state index contributed by atoms with van der Waals surface area (Å²) in [6.45, 7) is 2.31. The van der Waals surface area contributed by atoms with E-state index in [1.807, 2.05) is 42.5 Å². The lowest BCUT2D eigenvalue weighted by molar-refractivity contribution is 0.318. The summed E-state index contributed by atoms with van der Waals surface area (Å²) in [5.74, 6) is 0.761. The van der Waals surface area contributed by atoms with Crippen LogP contribution in [-0.4, -0.2) is 22.5 Å². The van der Waals surface area contributed by atoms with Crippen LogP contribution in [0.3, 0.4) is 0 Å². The molecule has 0 atom stereocenters. The molecule has 2 aromatic rings. The van der Waals surface area contributed by atoms with Gasteiger partial charge in [-0.1, -0.05) is 23.4 Å². The van der Waals surface area contributed by atoms with E-state index in [2.05, 4.69) is 10.1 Å². The molecular formula is C15H16N2O2. The first-order valence-electron chi connectivity index (χ1n) is 6.11. The van der Waals surface area contributed by atoms with Crippen molar-refractivity contribution in [3.8, 4) is 5.75 Å². The van der Waals surface area contributed by atoms with Crippen LogP contribution in [-0.2, 0) is 6.42 Å². The highest BCUT2D eigenvalue weighted by molar-refractivity contribution is 5.98. The molecule has 19 heavy (non-hydrogen) atoms. The number of oxime groups is 1. The molecule has 4 heteroatoms. The maximum Gasteiger partial charge on any atom is 0.119 e. The van der Waals surface area contributed by atoms with E-state index in [-0.39, 0.29) is 0 Å². The number of ether oxygens (including phenoxy) is 1. The SMILES string of the molecule is C/C(=N\O)c1cccc(OCCc2ccccn2)c1. The molecule has 0 aliphatic heterocycles. The van der Waals surface area contributed by atoms with E-state index >= 15 is 0 Å². The van der Waals surface area contributed by atoms with Crippen LogP contribution in [0.5, 0.6) is 5.75 Å². The van der Waals surface area contributed by atoms with Crippen LogP contribution in [0.1, 0.15) is 18.2 Å². The van der Waals surface area contributed by atoms with Crippen molar-refractivity contribution in [2.45, 2.75) is 13.3 Å². The van der Waals surface area contributed by atoms with Gasteiger partial charge in [-0.3, -0.25) is 4.98 Å². The third-order valence-electron chi connectivity index (χ3n) is 2.75. The van der Waals surface area contributed by atoms with Crippen LogP contribution in [0, 0.1) is 0 Å². The number of hydrogen-bond acceptors (Lipinski definition) is 4. The summed E-state index contributed by atoms with van der Waals surface area (Å²) in [5.41, 5.74) is 2.42. The Morgan fingerprint density at radius 2 is 2.16 bits per heavy atom. The van der Waals surface area contributed by atoms with Crippen molar-refractivity contribution in [3.63, 3.8) is 0 Å². The molecule has 0 spiro atoms. The summed E-state index contributed by atoms with van der Waals surface area (Å²) in [7, 11) is 0. The van der Waals surface area contributed by atoms with E-state index in [4.69, 9.17) is 9.94 Å². The minimum absolute atomic E-state index is 0.565. The van der Waals surface area contributed by atoms with Crippen molar-refractivity contribution in [2.75, 3.05) is 6.61 Å². The molecule has 1 aromatic heterocycles. The molecular weight excluding hydrogens is 240 g/mol. The summed E-state index contributed by atoms with van der Waals surface area (Å²) in [4.78, 5) is 4.24. The predicted molar refractivity (Wildman–Crippen MR) is 73.9 cm³/mol. The van der Waals surface area contributed by atoms with E-state index in [0.717, 1.165) is 23.4 Å². The van der Waals surface area contributed by atoms with E-state index in [9.17, 15) is 0 Å². The topological polar surface area (TPSA) is 54.7 Å². The van der Waals surface area contributed by atoms with Gasteiger partial charge < -0.3 is 9.94 Å². The minimum atomic E-state index is 0.565. The highest BCUT2D eigenvalue weighted by atomic mass is 16.5. The summed E-state index contributed by atoms with van der Waals surface area (Å²) in [6, 6.07) is 13.3. The van der Waals surface area contributed by atoms with Crippen LogP contribution in [0.25, 0.3) is 0 Å². The van der Waals surface area contributed by atoms with Gasteiger partial charge in [0.25, 0.3) is 0 Å². The molecule has 0 aliphatic carbocycles. The molecule has 4 nitrogen and oxygen atoms in total. The monoisotopic (exact) mass is 256 g/mol. The van der Waals surface area contributed by atoms with Gasteiger partial charge in [-0.05, 0) is 31.2 Å². The molecule has 1 N–H and O–H groups in total. The zero-order valence-corrected chi connectivity index (χ0v) is 10.8. The molecule has 0 fully saturated rings. The molecule has 0 unspecified atom stereocenters. The second-order valence-electron chi connectivity index (χ2n) is 4.13. The van der Waals surface area contributed by atoms with Crippen LogP contribution < -0.4 is 4.74 Å². The van der Waals surface area contributed by atoms with Gasteiger partial charge in [0, 0.05) is 23.9 Å². The molecule has 0 bridgehead atoms. The maximum absolute atomic E-state index is 8.74. The first-order valence-corrected chi connectivity index (χ1v) is 6.11. The van der Waals surface area contributed by atoms with E-state index in [1.54, 1.807) is 13.1 Å². The Morgan fingerprint density at radius 3 is 2.89 bits per heavy atom. The number of benzene rings is 1. The van der Waals surface area contributed by atoms with E-state index in [1.165, 1.54) is 0 Å². The third kappa shape index (κ3) is 3.81. The lowest BCUT2D eigenvalue weighted by atomic mass is 10.1. The Morgan fingerprint density at radius 1 is 1.26 bits per heavy atom. The fourth-order valence-corrected chi connectivity index (χ4v) is 1.69. The normalized spacial score (nSPS) is 11.3. The Balaban J connectivity index is 1.93. The van der Waals surface area contributed by atoms with Gasteiger partial charge in [-0.15, -0.1) is 0 Å². The van der Waals surface area contributed by atoms with Gasteiger partial charge in [-0.2, -0.15) is 0 Å². The van der Waals surface area contributed by atoms with Crippen LogP contribution in [0.4, 0.5) is 0 Å². The number of nitrogens with zero attached hydrogens (tertiary/aromatic N) is 2. The fraction of sp³-hybridized carbons (Fsp3) is 0.200. The third-order valence-corrected chi connectivity index (χ3v) is 2.75. The van der Waals surface area contributed by atoms with Crippen LogP contribution in [0.15, 0.2) is 53.8 Å². The van der Waals surface area contributed by atoms with Crippen LogP contribution in [0.2, 0.25) is 0 Å². The lowest BCUT2D eigenvalue weighted by Gasteiger charge is -2.07. The molecule has 0 saturated carbocycles. The van der Waals surface area contributed by atoms with Crippen LogP contribution >= 0.6 is 0 Å². The average molecular weight is 256 g/mol. The number of hydrogen-bond donors (Lipinski definition) is 1. The maximum atomic E-state index is 8.74. The first kappa shape index (κ1) is 13.1. The Hall–Kier alpha value is -2.36. The quantitative estimate of drug-likeness (QED) is 0.508. The largest absolute Gasteiger partial charge is 0.493 e. The number of aromatic nitrogens is 1. The Kier molecular flexibility index (Phi) is 4.50. The first-order chi connectivity index (χ1) is 9.29. The van der Waals surface area contributed by atoms with Gasteiger partial charge in [0.2, 0.25) is 0 Å². The molecule has 1 heterocycles. The highest BCUT2D eigenvalue weighted by Crippen LogP contribution is 2.14. The molecule has 2 rings (SSSR count). The fourth-order valence-electron chi connectivity index (χ4n) is 1.69. The average Bonchev–Trinajstić information content (AvgIpc) is 2.48. The summed E-state index contributed by atoms with van der Waals surface area (Å²) in [6.07, 6.45) is 2.54. The van der Waals surface area contributed by atoms with Gasteiger partial charge in [0.15, 0.2) is 0 Å². The van der Waals surface area contributed by atoms with Crippen molar-refractivity contribution in [2.24, 2.45) is 5.16 Å². The Bertz CT molecular complexity index is 553. The van der Waals surface area contributed by atoms with Gasteiger partial charge in [-0.25, -0.2) is 0 Å². The molecule has 0 amide bonds. The lowest BCUT2D eigenvalue weighted by Crippen LogP contribution is -2.03. The smallest absolute Gasteiger partial charge is 0.119 e. The van der Waals surface area contributed by atoms with Crippen molar-refractivity contribution < 1.29 is 9.94 Å². The van der Waals surface area contributed by atoms with Gasteiger partial charge >= 0.3 is 0 Å².